The number of methoxy groups -OCH3 is 1. The zero-order valence-corrected chi connectivity index (χ0v) is 18.2. The van der Waals surface area contributed by atoms with E-state index < -0.39 is 17.7 Å². The highest BCUT2D eigenvalue weighted by Crippen LogP contribution is 2.36. The quantitative estimate of drug-likeness (QED) is 0.385. The van der Waals surface area contributed by atoms with E-state index in [2.05, 4.69) is 15.5 Å². The number of esters is 1. The molecule has 0 spiro atoms. The minimum absolute atomic E-state index is 0.122. The van der Waals surface area contributed by atoms with Crippen molar-refractivity contribution in [2.45, 2.75) is 6.61 Å². The summed E-state index contributed by atoms with van der Waals surface area (Å²) in [6, 6.07) is 10.9. The Morgan fingerprint density at radius 1 is 1.13 bits per heavy atom. The van der Waals surface area contributed by atoms with Gasteiger partial charge in [-0.3, -0.25) is 4.79 Å². The third-order valence-electron chi connectivity index (χ3n) is 4.11. The van der Waals surface area contributed by atoms with Gasteiger partial charge in [-0.2, -0.15) is 0 Å². The molecule has 0 aliphatic rings. The molecule has 0 aliphatic carbocycles. The molecule has 11 heteroatoms. The Bertz CT molecular complexity index is 1270. The normalized spacial score (nSPS) is 10.8. The zero-order valence-electron chi connectivity index (χ0n) is 15.8. The first-order valence-electron chi connectivity index (χ1n) is 8.77. The summed E-state index contributed by atoms with van der Waals surface area (Å²) >= 11 is 8.27. The van der Waals surface area contributed by atoms with Crippen LogP contribution in [-0.2, 0) is 11.3 Å². The molecular formula is C20H13ClFN3O4S2. The second-order valence-electron chi connectivity index (χ2n) is 6.15. The molecule has 0 unspecified atom stereocenters. The predicted molar refractivity (Wildman–Crippen MR) is 117 cm³/mol. The highest BCUT2D eigenvalue weighted by molar-refractivity contribution is 7.21. The molecule has 0 saturated heterocycles. The maximum absolute atomic E-state index is 13.4. The molecule has 0 radical (unpaired) electrons. The number of halogens is 2. The smallest absolute Gasteiger partial charge is 0.350 e. The van der Waals surface area contributed by atoms with Gasteiger partial charge >= 0.3 is 5.97 Å². The zero-order chi connectivity index (χ0) is 22.0. The molecular weight excluding hydrogens is 465 g/mol. The van der Waals surface area contributed by atoms with E-state index in [-0.39, 0.29) is 21.5 Å². The fourth-order valence-corrected chi connectivity index (χ4v) is 4.70. The summed E-state index contributed by atoms with van der Waals surface area (Å²) < 4.78 is 24.2. The van der Waals surface area contributed by atoms with Gasteiger partial charge in [0.2, 0.25) is 5.01 Å². The van der Waals surface area contributed by atoms with Crippen molar-refractivity contribution in [1.29, 1.82) is 0 Å². The molecule has 0 bridgehead atoms. The average Bonchev–Trinajstić information content (AvgIpc) is 3.37. The predicted octanol–water partition coefficient (Wildman–Crippen LogP) is 5.16. The van der Waals surface area contributed by atoms with Crippen molar-refractivity contribution in [3.63, 3.8) is 0 Å². The summed E-state index contributed by atoms with van der Waals surface area (Å²) in [6.45, 7) is -0.175. The number of carbonyl (C=O) groups excluding carboxylic acids is 2. The summed E-state index contributed by atoms with van der Waals surface area (Å²) in [4.78, 5) is 24.9. The number of anilines is 1. The van der Waals surface area contributed by atoms with Gasteiger partial charge in [-0.15, -0.1) is 21.5 Å². The number of thiophene rings is 1. The van der Waals surface area contributed by atoms with E-state index in [0.717, 1.165) is 22.7 Å². The average molecular weight is 478 g/mol. The molecule has 2 aromatic carbocycles. The number of aromatic nitrogens is 2. The molecule has 2 aromatic heterocycles. The lowest BCUT2D eigenvalue weighted by atomic mass is 10.2. The van der Waals surface area contributed by atoms with Crippen molar-refractivity contribution in [1.82, 2.24) is 10.2 Å². The third kappa shape index (κ3) is 4.66. The maximum atomic E-state index is 13.4. The van der Waals surface area contributed by atoms with E-state index in [4.69, 9.17) is 21.1 Å². The summed E-state index contributed by atoms with van der Waals surface area (Å²) in [5.74, 6) is -0.845. The van der Waals surface area contributed by atoms with Gasteiger partial charge in [-0.25, -0.2) is 9.18 Å². The minimum atomic E-state index is -0.661. The Labute approximate surface area is 188 Å². The van der Waals surface area contributed by atoms with E-state index in [9.17, 15) is 14.0 Å². The molecule has 0 fully saturated rings. The van der Waals surface area contributed by atoms with Crippen LogP contribution in [0.1, 0.15) is 24.5 Å². The lowest BCUT2D eigenvalue weighted by Crippen LogP contribution is -2.11. The fraction of sp³-hybridized carbons (Fsp3) is 0.100. The van der Waals surface area contributed by atoms with E-state index in [1.54, 1.807) is 31.4 Å². The summed E-state index contributed by atoms with van der Waals surface area (Å²) in [5, 5.41) is 11.7. The van der Waals surface area contributed by atoms with Crippen molar-refractivity contribution in [3.8, 4) is 5.75 Å². The number of nitrogens with zero attached hydrogens (tertiary/aromatic N) is 2. The van der Waals surface area contributed by atoms with Crippen molar-refractivity contribution in [2.75, 3.05) is 12.4 Å². The number of benzene rings is 2. The van der Waals surface area contributed by atoms with Crippen LogP contribution < -0.4 is 10.1 Å². The fourth-order valence-electron chi connectivity index (χ4n) is 2.63. The Morgan fingerprint density at radius 3 is 2.65 bits per heavy atom. The van der Waals surface area contributed by atoms with Gasteiger partial charge in [0.25, 0.3) is 5.91 Å². The molecule has 7 nitrogen and oxygen atoms in total. The molecule has 0 saturated carbocycles. The van der Waals surface area contributed by atoms with Crippen LogP contribution in [0.25, 0.3) is 10.1 Å². The van der Waals surface area contributed by atoms with Crippen molar-refractivity contribution < 1.29 is 23.5 Å². The first-order chi connectivity index (χ1) is 14.9. The number of nitrogens with one attached hydrogen (secondary N) is 1. The van der Waals surface area contributed by atoms with Crippen LogP contribution in [0.2, 0.25) is 5.02 Å². The van der Waals surface area contributed by atoms with E-state index in [1.165, 1.54) is 18.2 Å². The number of hydrogen-bond acceptors (Lipinski definition) is 8. The number of fused-ring (bicyclic) bond motifs is 1. The van der Waals surface area contributed by atoms with E-state index in [0.29, 0.717) is 26.5 Å². The maximum Gasteiger partial charge on any atom is 0.350 e. The van der Waals surface area contributed by atoms with Gasteiger partial charge in [0.1, 0.15) is 23.1 Å². The van der Waals surface area contributed by atoms with Gasteiger partial charge in [-0.05, 0) is 42.5 Å². The third-order valence-corrected chi connectivity index (χ3v) is 6.65. The lowest BCUT2D eigenvalue weighted by Gasteiger charge is -2.04. The number of amides is 1. The van der Waals surface area contributed by atoms with E-state index >= 15 is 0 Å². The minimum Gasteiger partial charge on any atom is -0.497 e. The molecule has 4 rings (SSSR count). The van der Waals surface area contributed by atoms with Crippen molar-refractivity contribution in [2.24, 2.45) is 0 Å². The van der Waals surface area contributed by atoms with Crippen LogP contribution in [-0.4, -0.2) is 29.2 Å². The van der Waals surface area contributed by atoms with Gasteiger partial charge in [0.05, 0.1) is 12.1 Å². The number of carbonyl (C=O) groups is 2. The summed E-state index contributed by atoms with van der Waals surface area (Å²) in [5.41, 5.74) is 0.574. The molecule has 158 valence electrons. The van der Waals surface area contributed by atoms with Gasteiger partial charge in [-0.1, -0.05) is 22.9 Å². The molecule has 4 aromatic rings. The first kappa shape index (κ1) is 21.2. The summed E-state index contributed by atoms with van der Waals surface area (Å²) in [7, 11) is 1.55. The molecule has 2 heterocycles. The van der Waals surface area contributed by atoms with Crippen LogP contribution in [0.5, 0.6) is 5.75 Å². The highest BCUT2D eigenvalue weighted by Gasteiger charge is 2.20. The molecule has 1 amide bonds. The van der Waals surface area contributed by atoms with Crippen LogP contribution in [0, 0.1) is 5.82 Å². The molecule has 0 atom stereocenters. The van der Waals surface area contributed by atoms with Gasteiger partial charge in [0, 0.05) is 15.8 Å². The first-order valence-corrected chi connectivity index (χ1v) is 10.8. The number of ether oxygens (including phenoxy) is 2. The van der Waals surface area contributed by atoms with E-state index in [1.807, 2.05) is 0 Å². The molecule has 1 N–H and O–H groups in total. The SMILES string of the molecule is COc1ccc(NC(=O)c2nnc(COC(=O)c3sc4cc(F)ccc4c3Cl)s2)cc1. The van der Waals surface area contributed by atoms with Crippen LogP contribution in [0.4, 0.5) is 10.1 Å². The lowest BCUT2D eigenvalue weighted by molar-refractivity contribution is 0.0477. The number of hydrogen-bond donors (Lipinski definition) is 1. The summed E-state index contributed by atoms with van der Waals surface area (Å²) in [6.07, 6.45) is 0. The van der Waals surface area contributed by atoms with Crippen LogP contribution >= 0.6 is 34.3 Å². The molecule has 31 heavy (non-hydrogen) atoms. The Balaban J connectivity index is 1.39. The number of rotatable bonds is 6. The van der Waals surface area contributed by atoms with Crippen LogP contribution in [0.15, 0.2) is 42.5 Å². The Hall–Kier alpha value is -3.08. The highest BCUT2D eigenvalue weighted by atomic mass is 35.5. The second-order valence-corrected chi connectivity index (χ2v) is 8.64. The monoisotopic (exact) mass is 477 g/mol. The second kappa shape index (κ2) is 8.96. The van der Waals surface area contributed by atoms with Gasteiger partial charge < -0.3 is 14.8 Å². The topological polar surface area (TPSA) is 90.4 Å². The Morgan fingerprint density at radius 2 is 1.90 bits per heavy atom. The standard InChI is InChI=1S/C20H13ClFN3O4S2/c1-28-12-5-3-11(4-6-12)23-18(26)19-25-24-15(31-19)9-29-20(27)17-16(21)13-7-2-10(22)8-14(13)30-17/h2-8H,9H2,1H3,(H,23,26). The van der Waals surface area contributed by atoms with Crippen LogP contribution in [0.3, 0.4) is 0 Å². The van der Waals surface area contributed by atoms with Crippen molar-refractivity contribution in [3.05, 3.63) is 68.2 Å². The Kier molecular flexibility index (Phi) is 6.12. The largest absolute Gasteiger partial charge is 0.497 e. The van der Waals surface area contributed by atoms with Crippen molar-refractivity contribution >= 4 is 61.9 Å². The van der Waals surface area contributed by atoms with Gasteiger partial charge in [0.15, 0.2) is 5.01 Å². The molecule has 0 aliphatic heterocycles.